The molecule has 0 bridgehead atoms. The topological polar surface area (TPSA) is 107 Å². The molecular weight excluding hydrogens is 216 g/mol. The van der Waals surface area contributed by atoms with Gasteiger partial charge in [-0.1, -0.05) is 0 Å². The summed E-state index contributed by atoms with van der Waals surface area (Å²) in [6, 6.07) is 0. The lowest BCUT2D eigenvalue weighted by molar-refractivity contribution is -0.149. The first-order chi connectivity index (χ1) is 7.51. The van der Waals surface area contributed by atoms with Gasteiger partial charge in [0.05, 0.1) is 37.4 Å². The van der Waals surface area contributed by atoms with E-state index in [-0.39, 0.29) is 19.4 Å². The second kappa shape index (κ2) is 6.15. The first-order valence-corrected chi connectivity index (χ1v) is 5.35. The Labute approximate surface area is 93.5 Å². The van der Waals surface area contributed by atoms with E-state index in [0.717, 1.165) is 0 Å². The number of ether oxygens (including phenoxy) is 1. The smallest absolute Gasteiger partial charge is 0.305 e. The molecule has 6 nitrogen and oxygen atoms in total. The Hall–Kier alpha value is -0.690. The van der Waals surface area contributed by atoms with Crippen molar-refractivity contribution in [3.8, 4) is 0 Å². The minimum atomic E-state index is -0.972. The van der Waals surface area contributed by atoms with Gasteiger partial charge in [-0.2, -0.15) is 0 Å². The maximum Gasteiger partial charge on any atom is 0.305 e. The molecule has 0 aromatic rings. The monoisotopic (exact) mass is 234 g/mol. The fourth-order valence-corrected chi connectivity index (χ4v) is 1.94. The van der Waals surface area contributed by atoms with E-state index in [2.05, 4.69) is 0 Å². The van der Waals surface area contributed by atoms with Crippen LogP contribution < -0.4 is 0 Å². The molecular formula is C10H18O6. The summed E-state index contributed by atoms with van der Waals surface area (Å²) in [6.07, 6.45) is -1.67. The number of aliphatic hydroxyl groups is 3. The number of carbonyl (C=O) groups is 1. The molecule has 0 radical (unpaired) electrons. The molecule has 1 rings (SSSR count). The Morgan fingerprint density at radius 2 is 2.00 bits per heavy atom. The highest BCUT2D eigenvalue weighted by Gasteiger charge is 2.30. The molecule has 0 aromatic heterocycles. The molecule has 0 aromatic carbocycles. The van der Waals surface area contributed by atoms with E-state index < -0.39 is 30.4 Å². The van der Waals surface area contributed by atoms with Gasteiger partial charge in [0.25, 0.3) is 0 Å². The number of hydrogen-bond donors (Lipinski definition) is 4. The molecule has 94 valence electrons. The molecule has 1 aliphatic rings. The van der Waals surface area contributed by atoms with Crippen LogP contribution in [-0.2, 0) is 9.53 Å². The van der Waals surface area contributed by atoms with Gasteiger partial charge in [-0.25, -0.2) is 0 Å². The van der Waals surface area contributed by atoms with Crippen LogP contribution in [0.2, 0.25) is 0 Å². The van der Waals surface area contributed by atoms with Crippen molar-refractivity contribution in [2.24, 2.45) is 0 Å². The summed E-state index contributed by atoms with van der Waals surface area (Å²) in [5.41, 5.74) is 0. The van der Waals surface area contributed by atoms with E-state index in [9.17, 15) is 15.0 Å². The van der Waals surface area contributed by atoms with Gasteiger partial charge in [0.2, 0.25) is 0 Å². The van der Waals surface area contributed by atoms with Crippen molar-refractivity contribution in [3.05, 3.63) is 0 Å². The molecule has 0 amide bonds. The van der Waals surface area contributed by atoms with Crippen LogP contribution in [0.25, 0.3) is 0 Å². The van der Waals surface area contributed by atoms with Gasteiger partial charge in [-0.15, -0.1) is 0 Å². The van der Waals surface area contributed by atoms with Crippen molar-refractivity contribution in [1.29, 1.82) is 0 Å². The minimum Gasteiger partial charge on any atom is -0.481 e. The highest BCUT2D eigenvalue weighted by molar-refractivity contribution is 5.67. The van der Waals surface area contributed by atoms with Crippen molar-refractivity contribution in [2.75, 3.05) is 6.61 Å². The van der Waals surface area contributed by atoms with Crippen LogP contribution in [0.15, 0.2) is 0 Å². The summed E-state index contributed by atoms with van der Waals surface area (Å²) in [7, 11) is 0. The van der Waals surface area contributed by atoms with Crippen molar-refractivity contribution in [2.45, 2.75) is 50.1 Å². The lowest BCUT2D eigenvalue weighted by atomic mass is 9.96. The van der Waals surface area contributed by atoms with Gasteiger partial charge in [0, 0.05) is 12.8 Å². The quantitative estimate of drug-likeness (QED) is 0.491. The Balaban J connectivity index is 2.44. The lowest BCUT2D eigenvalue weighted by Gasteiger charge is -2.33. The van der Waals surface area contributed by atoms with Gasteiger partial charge in [-0.3, -0.25) is 4.79 Å². The standard InChI is InChI=1S/C10H18O6/c11-5-7(13)3-8-1-6(12)2-9(16-8)4-10(14)15/h6-9,11-13H,1-5H2,(H,14,15)/t6-,7?,8-,9+/m0/s1. The predicted octanol–water partition coefficient (Wildman–Crippen LogP) is -0.887. The Morgan fingerprint density at radius 1 is 1.38 bits per heavy atom. The summed E-state index contributed by atoms with van der Waals surface area (Å²) in [6.45, 7) is -0.362. The molecule has 0 aliphatic carbocycles. The SMILES string of the molecule is O=C(O)C[C@H]1C[C@@H](O)C[C@@H](CC(O)CO)O1. The zero-order chi connectivity index (χ0) is 12.1. The molecule has 0 saturated carbocycles. The van der Waals surface area contributed by atoms with E-state index in [0.29, 0.717) is 12.8 Å². The number of aliphatic carboxylic acids is 1. The van der Waals surface area contributed by atoms with E-state index in [1.54, 1.807) is 0 Å². The third kappa shape index (κ3) is 4.44. The summed E-state index contributed by atoms with van der Waals surface area (Å²) in [4.78, 5) is 10.5. The maximum absolute atomic E-state index is 10.5. The number of aliphatic hydroxyl groups excluding tert-OH is 3. The number of carboxylic acids is 1. The van der Waals surface area contributed by atoms with Crippen LogP contribution in [0.3, 0.4) is 0 Å². The third-order valence-corrected chi connectivity index (χ3v) is 2.60. The predicted molar refractivity (Wildman–Crippen MR) is 53.9 cm³/mol. The first-order valence-electron chi connectivity index (χ1n) is 5.35. The molecule has 0 spiro atoms. The average molecular weight is 234 g/mol. The molecule has 1 fully saturated rings. The van der Waals surface area contributed by atoms with E-state index in [4.69, 9.17) is 14.9 Å². The summed E-state index contributed by atoms with van der Waals surface area (Å²) in [5.74, 6) is -0.972. The fraction of sp³-hybridized carbons (Fsp3) is 0.900. The second-order valence-corrected chi connectivity index (χ2v) is 4.18. The highest BCUT2D eigenvalue weighted by Crippen LogP contribution is 2.24. The van der Waals surface area contributed by atoms with Crippen LogP contribution in [0, 0.1) is 0 Å². The number of carboxylic acid groups (broad SMARTS) is 1. The zero-order valence-corrected chi connectivity index (χ0v) is 8.95. The largest absolute Gasteiger partial charge is 0.481 e. The van der Waals surface area contributed by atoms with Gasteiger partial charge in [0.15, 0.2) is 0 Å². The zero-order valence-electron chi connectivity index (χ0n) is 8.95. The van der Waals surface area contributed by atoms with Gasteiger partial charge in [-0.05, 0) is 6.42 Å². The van der Waals surface area contributed by atoms with Gasteiger partial charge < -0.3 is 25.2 Å². The molecule has 16 heavy (non-hydrogen) atoms. The Bertz CT molecular complexity index is 231. The third-order valence-electron chi connectivity index (χ3n) is 2.60. The van der Waals surface area contributed by atoms with Gasteiger partial charge >= 0.3 is 5.97 Å². The highest BCUT2D eigenvalue weighted by atomic mass is 16.5. The normalized spacial score (nSPS) is 32.3. The molecule has 1 saturated heterocycles. The molecule has 4 N–H and O–H groups in total. The van der Waals surface area contributed by atoms with Crippen molar-refractivity contribution < 1.29 is 30.0 Å². The average Bonchev–Trinajstić information content (AvgIpc) is 2.15. The number of rotatable bonds is 5. The van der Waals surface area contributed by atoms with E-state index in [1.807, 2.05) is 0 Å². The van der Waals surface area contributed by atoms with Crippen LogP contribution in [-0.4, -0.2) is 57.4 Å². The van der Waals surface area contributed by atoms with E-state index in [1.165, 1.54) is 0 Å². The minimum absolute atomic E-state index is 0.150. The summed E-state index contributed by atoms with van der Waals surface area (Å²) >= 11 is 0. The molecule has 4 atom stereocenters. The molecule has 6 heteroatoms. The Kier molecular flexibility index (Phi) is 5.14. The number of hydrogen-bond acceptors (Lipinski definition) is 5. The second-order valence-electron chi connectivity index (χ2n) is 4.18. The molecule has 1 heterocycles. The van der Waals surface area contributed by atoms with Crippen LogP contribution in [0.1, 0.15) is 25.7 Å². The fourth-order valence-electron chi connectivity index (χ4n) is 1.94. The summed E-state index contributed by atoms with van der Waals surface area (Å²) in [5, 5.41) is 36.1. The molecule has 1 aliphatic heterocycles. The van der Waals surface area contributed by atoms with Crippen LogP contribution in [0.5, 0.6) is 0 Å². The van der Waals surface area contributed by atoms with Crippen LogP contribution in [0.4, 0.5) is 0 Å². The van der Waals surface area contributed by atoms with Crippen molar-refractivity contribution in [3.63, 3.8) is 0 Å². The van der Waals surface area contributed by atoms with Crippen molar-refractivity contribution in [1.82, 2.24) is 0 Å². The molecule has 1 unspecified atom stereocenters. The lowest BCUT2D eigenvalue weighted by Crippen LogP contribution is -2.38. The Morgan fingerprint density at radius 3 is 2.56 bits per heavy atom. The van der Waals surface area contributed by atoms with Crippen molar-refractivity contribution >= 4 is 5.97 Å². The summed E-state index contributed by atoms with van der Waals surface area (Å²) < 4.78 is 5.43. The van der Waals surface area contributed by atoms with Crippen LogP contribution >= 0.6 is 0 Å². The maximum atomic E-state index is 10.5. The first kappa shape index (κ1) is 13.4. The van der Waals surface area contributed by atoms with E-state index >= 15 is 0 Å². The van der Waals surface area contributed by atoms with Gasteiger partial charge in [0.1, 0.15) is 0 Å².